The Morgan fingerprint density at radius 1 is 1.29 bits per heavy atom. The first kappa shape index (κ1) is 17.2. The normalized spacial score (nSPS) is 10.8. The van der Waals surface area contributed by atoms with Crippen LogP contribution in [0.3, 0.4) is 0 Å². The molecule has 1 rings (SSSR count). The molecule has 0 unspecified atom stereocenters. The smallest absolute Gasteiger partial charge is 0.387 e. The van der Waals surface area contributed by atoms with E-state index in [2.05, 4.69) is 15.4 Å². The van der Waals surface area contributed by atoms with Gasteiger partial charge in [-0.3, -0.25) is 4.79 Å². The molecule has 0 aliphatic heterocycles. The zero-order valence-corrected chi connectivity index (χ0v) is 12.3. The highest BCUT2D eigenvalue weighted by Gasteiger charge is 2.12. The first-order valence-corrected chi connectivity index (χ1v) is 6.58. The highest BCUT2D eigenvalue weighted by molar-refractivity contribution is 5.91. The maximum atomic E-state index is 12.3. The summed E-state index contributed by atoms with van der Waals surface area (Å²) in [6.07, 6.45) is 0.287. The molecule has 0 saturated carbocycles. The molecule has 1 aromatic carbocycles. The SMILES string of the molecule is COc1ccc(NC(=O)CCNC(C)C)cc1OC(F)F. The molecule has 2 N–H and O–H groups in total. The molecular formula is C14H20F2N2O3. The number of nitrogens with one attached hydrogen (secondary N) is 2. The molecule has 0 radical (unpaired) electrons. The van der Waals surface area contributed by atoms with Crippen LogP contribution in [0.2, 0.25) is 0 Å². The monoisotopic (exact) mass is 302 g/mol. The molecule has 0 saturated heterocycles. The van der Waals surface area contributed by atoms with Crippen molar-refractivity contribution >= 4 is 11.6 Å². The standard InChI is InChI=1S/C14H20F2N2O3/c1-9(2)17-7-6-13(19)18-10-4-5-11(20-3)12(8-10)21-14(15)16/h4-5,8-9,14,17H,6-7H2,1-3H3,(H,18,19). The summed E-state index contributed by atoms with van der Waals surface area (Å²) >= 11 is 0. The Labute approximate surface area is 122 Å². The van der Waals surface area contributed by atoms with Gasteiger partial charge in [-0.1, -0.05) is 13.8 Å². The van der Waals surface area contributed by atoms with E-state index in [-0.39, 0.29) is 23.8 Å². The first-order chi connectivity index (χ1) is 9.92. The number of carbonyl (C=O) groups excluding carboxylic acids is 1. The van der Waals surface area contributed by atoms with Crippen molar-refractivity contribution in [1.82, 2.24) is 5.32 Å². The summed E-state index contributed by atoms with van der Waals surface area (Å²) < 4.78 is 33.9. The van der Waals surface area contributed by atoms with E-state index < -0.39 is 6.61 Å². The van der Waals surface area contributed by atoms with Crippen LogP contribution in [0.5, 0.6) is 11.5 Å². The topological polar surface area (TPSA) is 59.6 Å². The first-order valence-electron chi connectivity index (χ1n) is 6.58. The van der Waals surface area contributed by atoms with Crippen LogP contribution >= 0.6 is 0 Å². The molecule has 7 heteroatoms. The molecule has 0 spiro atoms. The van der Waals surface area contributed by atoms with Crippen LogP contribution < -0.4 is 20.1 Å². The third-order valence-electron chi connectivity index (χ3n) is 2.57. The molecule has 0 atom stereocenters. The predicted octanol–water partition coefficient (Wildman–Crippen LogP) is 2.62. The molecule has 0 aliphatic carbocycles. The van der Waals surface area contributed by atoms with E-state index in [4.69, 9.17) is 4.74 Å². The van der Waals surface area contributed by atoms with Gasteiger partial charge in [0.1, 0.15) is 0 Å². The minimum absolute atomic E-state index is 0.120. The number of alkyl halides is 2. The van der Waals surface area contributed by atoms with Crippen LogP contribution in [0.1, 0.15) is 20.3 Å². The van der Waals surface area contributed by atoms with Gasteiger partial charge < -0.3 is 20.1 Å². The number of carbonyl (C=O) groups is 1. The lowest BCUT2D eigenvalue weighted by Crippen LogP contribution is -2.27. The summed E-state index contributed by atoms with van der Waals surface area (Å²) in [7, 11) is 1.35. The Hall–Kier alpha value is -1.89. The lowest BCUT2D eigenvalue weighted by atomic mass is 10.2. The van der Waals surface area contributed by atoms with Crippen molar-refractivity contribution in [2.24, 2.45) is 0 Å². The van der Waals surface area contributed by atoms with Gasteiger partial charge in [0.15, 0.2) is 11.5 Å². The van der Waals surface area contributed by atoms with Gasteiger partial charge in [-0.05, 0) is 12.1 Å². The number of rotatable bonds is 8. The van der Waals surface area contributed by atoms with Crippen molar-refractivity contribution in [2.45, 2.75) is 32.9 Å². The Morgan fingerprint density at radius 2 is 2.00 bits per heavy atom. The quantitative estimate of drug-likeness (QED) is 0.775. The second-order valence-corrected chi connectivity index (χ2v) is 4.65. The fraction of sp³-hybridized carbons (Fsp3) is 0.500. The maximum absolute atomic E-state index is 12.3. The highest BCUT2D eigenvalue weighted by Crippen LogP contribution is 2.31. The summed E-state index contributed by atoms with van der Waals surface area (Å²) in [6, 6.07) is 4.62. The third kappa shape index (κ3) is 6.40. The van der Waals surface area contributed by atoms with E-state index in [9.17, 15) is 13.6 Å². The van der Waals surface area contributed by atoms with E-state index >= 15 is 0 Å². The Kier molecular flexibility index (Phi) is 6.87. The zero-order chi connectivity index (χ0) is 15.8. The molecule has 0 heterocycles. The fourth-order valence-corrected chi connectivity index (χ4v) is 1.64. The van der Waals surface area contributed by atoms with Gasteiger partial charge in [0.25, 0.3) is 0 Å². The summed E-state index contributed by atoms with van der Waals surface area (Å²) in [5.41, 5.74) is 0.376. The van der Waals surface area contributed by atoms with Crippen LogP contribution in [0, 0.1) is 0 Å². The van der Waals surface area contributed by atoms with Crippen molar-refractivity contribution in [3.63, 3.8) is 0 Å². The number of methoxy groups -OCH3 is 1. The van der Waals surface area contributed by atoms with Gasteiger partial charge in [0.2, 0.25) is 5.91 Å². The van der Waals surface area contributed by atoms with Gasteiger partial charge in [-0.25, -0.2) is 0 Å². The lowest BCUT2D eigenvalue weighted by Gasteiger charge is -2.12. The van der Waals surface area contributed by atoms with Gasteiger partial charge in [0, 0.05) is 30.8 Å². The minimum atomic E-state index is -2.96. The van der Waals surface area contributed by atoms with E-state index in [1.54, 1.807) is 6.07 Å². The predicted molar refractivity (Wildman–Crippen MR) is 76.0 cm³/mol. The molecule has 0 bridgehead atoms. The fourth-order valence-electron chi connectivity index (χ4n) is 1.64. The number of hydrogen-bond acceptors (Lipinski definition) is 4. The average Bonchev–Trinajstić information content (AvgIpc) is 2.37. The molecular weight excluding hydrogens is 282 g/mol. The second kappa shape index (κ2) is 8.41. The number of amides is 1. The molecule has 21 heavy (non-hydrogen) atoms. The Morgan fingerprint density at radius 3 is 2.57 bits per heavy atom. The number of hydrogen-bond donors (Lipinski definition) is 2. The van der Waals surface area contributed by atoms with Crippen molar-refractivity contribution in [3.05, 3.63) is 18.2 Å². The second-order valence-electron chi connectivity index (χ2n) is 4.65. The van der Waals surface area contributed by atoms with Crippen LogP contribution in [-0.4, -0.2) is 32.2 Å². The van der Waals surface area contributed by atoms with Crippen molar-refractivity contribution in [3.8, 4) is 11.5 Å². The summed E-state index contributed by atoms with van der Waals surface area (Å²) in [5.74, 6) is -0.156. The summed E-state index contributed by atoms with van der Waals surface area (Å²) in [5, 5.41) is 5.73. The summed E-state index contributed by atoms with van der Waals surface area (Å²) in [4.78, 5) is 11.7. The summed E-state index contributed by atoms with van der Waals surface area (Å²) in [6.45, 7) is 1.55. The maximum Gasteiger partial charge on any atom is 0.387 e. The molecule has 0 aliphatic rings. The third-order valence-corrected chi connectivity index (χ3v) is 2.57. The van der Waals surface area contributed by atoms with Crippen LogP contribution in [-0.2, 0) is 4.79 Å². The van der Waals surface area contributed by atoms with E-state index in [1.807, 2.05) is 13.8 Å². The molecule has 118 valence electrons. The van der Waals surface area contributed by atoms with Gasteiger partial charge in [-0.2, -0.15) is 8.78 Å². The van der Waals surface area contributed by atoms with E-state index in [1.165, 1.54) is 19.2 Å². The molecule has 0 aromatic heterocycles. The zero-order valence-electron chi connectivity index (χ0n) is 12.3. The van der Waals surface area contributed by atoms with Gasteiger partial charge in [0.05, 0.1) is 7.11 Å². The largest absolute Gasteiger partial charge is 0.493 e. The van der Waals surface area contributed by atoms with Crippen molar-refractivity contribution < 1.29 is 23.0 Å². The van der Waals surface area contributed by atoms with Gasteiger partial charge >= 0.3 is 6.61 Å². The Bertz CT molecular complexity index is 468. The van der Waals surface area contributed by atoms with Crippen LogP contribution in [0.15, 0.2) is 18.2 Å². The Balaban J connectivity index is 2.64. The molecule has 1 aromatic rings. The number of benzene rings is 1. The van der Waals surface area contributed by atoms with Crippen LogP contribution in [0.4, 0.5) is 14.5 Å². The highest BCUT2D eigenvalue weighted by atomic mass is 19.3. The molecule has 1 amide bonds. The number of ether oxygens (including phenoxy) is 2. The van der Waals surface area contributed by atoms with Gasteiger partial charge in [-0.15, -0.1) is 0 Å². The molecule has 0 fully saturated rings. The minimum Gasteiger partial charge on any atom is -0.493 e. The van der Waals surface area contributed by atoms with Crippen LogP contribution in [0.25, 0.3) is 0 Å². The average molecular weight is 302 g/mol. The van der Waals surface area contributed by atoms with Crippen molar-refractivity contribution in [1.29, 1.82) is 0 Å². The van der Waals surface area contributed by atoms with E-state index in [0.29, 0.717) is 18.3 Å². The molecule has 5 nitrogen and oxygen atoms in total. The lowest BCUT2D eigenvalue weighted by molar-refractivity contribution is -0.116. The number of anilines is 1. The van der Waals surface area contributed by atoms with E-state index in [0.717, 1.165) is 0 Å². The number of halogens is 2. The van der Waals surface area contributed by atoms with Crippen molar-refractivity contribution in [2.75, 3.05) is 19.0 Å².